The fraction of sp³-hybridized carbons (Fsp3) is 0.542. The summed E-state index contributed by atoms with van der Waals surface area (Å²) in [5.74, 6) is 2.76. The first-order chi connectivity index (χ1) is 15.4. The zero-order valence-electron chi connectivity index (χ0n) is 19.8. The number of ether oxygens (including phenoxy) is 2. The predicted octanol–water partition coefficient (Wildman–Crippen LogP) is 3.80. The molecule has 0 aliphatic heterocycles. The Morgan fingerprint density at radius 1 is 0.969 bits per heavy atom. The fourth-order valence-corrected chi connectivity index (χ4v) is 3.89. The van der Waals surface area contributed by atoms with Gasteiger partial charge in [-0.3, -0.25) is 4.79 Å². The lowest BCUT2D eigenvalue weighted by molar-refractivity contribution is 0.0925. The molecule has 2 N–H and O–H groups in total. The van der Waals surface area contributed by atoms with E-state index >= 15 is 0 Å². The number of rotatable bonds is 9. The number of benzene rings is 1. The van der Waals surface area contributed by atoms with Crippen LogP contribution < -0.4 is 25.0 Å². The summed E-state index contributed by atoms with van der Waals surface area (Å²) < 4.78 is 11.2. The van der Waals surface area contributed by atoms with E-state index in [-0.39, 0.29) is 11.9 Å². The molecule has 0 bridgehead atoms. The molecule has 1 saturated carbocycles. The first-order valence-corrected chi connectivity index (χ1v) is 11.4. The van der Waals surface area contributed by atoms with E-state index in [4.69, 9.17) is 9.47 Å². The average Bonchev–Trinajstić information content (AvgIpc) is 2.75. The van der Waals surface area contributed by atoms with Gasteiger partial charge >= 0.3 is 0 Å². The quantitative estimate of drug-likeness (QED) is 0.612. The van der Waals surface area contributed by atoms with E-state index in [0.717, 1.165) is 37.2 Å². The number of nitrogens with one attached hydrogen (secondary N) is 2. The van der Waals surface area contributed by atoms with Crippen molar-refractivity contribution in [3.05, 3.63) is 35.5 Å². The molecule has 0 atom stereocenters. The molecule has 0 unspecified atom stereocenters. The molecule has 0 radical (unpaired) electrons. The van der Waals surface area contributed by atoms with Crippen LogP contribution in [0.15, 0.2) is 24.3 Å². The molecule has 174 valence electrons. The first-order valence-electron chi connectivity index (χ1n) is 11.4. The molecule has 2 aromatic rings. The maximum Gasteiger partial charge on any atom is 0.251 e. The number of hydrogen-bond donors (Lipinski definition) is 2. The molecule has 8 heteroatoms. The lowest BCUT2D eigenvalue weighted by atomic mass is 9.91. The average molecular weight is 442 g/mol. The second kappa shape index (κ2) is 11.0. The van der Waals surface area contributed by atoms with E-state index in [2.05, 4.69) is 20.6 Å². The highest BCUT2D eigenvalue weighted by atomic mass is 16.5. The lowest BCUT2D eigenvalue weighted by Crippen LogP contribution is -2.40. The third-order valence-electron chi connectivity index (χ3n) is 5.42. The fourth-order valence-electron chi connectivity index (χ4n) is 3.89. The Morgan fingerprint density at radius 3 is 2.12 bits per heavy atom. The summed E-state index contributed by atoms with van der Waals surface area (Å²) in [6.45, 7) is 6.89. The summed E-state index contributed by atoms with van der Waals surface area (Å²) >= 11 is 0. The van der Waals surface area contributed by atoms with Crippen molar-refractivity contribution in [2.45, 2.75) is 58.5 Å². The van der Waals surface area contributed by atoms with Crippen molar-refractivity contribution >= 4 is 17.7 Å². The van der Waals surface area contributed by atoms with Gasteiger partial charge in [-0.05, 0) is 58.6 Å². The number of amides is 1. The van der Waals surface area contributed by atoms with Crippen molar-refractivity contribution in [3.63, 3.8) is 0 Å². The minimum absolute atomic E-state index is 0.0917. The van der Waals surface area contributed by atoms with Gasteiger partial charge in [-0.15, -0.1) is 0 Å². The van der Waals surface area contributed by atoms with Gasteiger partial charge in [0.2, 0.25) is 5.95 Å². The van der Waals surface area contributed by atoms with Crippen LogP contribution in [0.4, 0.5) is 11.8 Å². The number of aromatic nitrogens is 2. The highest BCUT2D eigenvalue weighted by molar-refractivity contribution is 5.95. The summed E-state index contributed by atoms with van der Waals surface area (Å²) in [7, 11) is 3.88. The summed E-state index contributed by atoms with van der Waals surface area (Å²) in [5, 5.41) is 6.72. The third-order valence-corrected chi connectivity index (χ3v) is 5.42. The van der Waals surface area contributed by atoms with Gasteiger partial charge in [-0.25, -0.2) is 4.98 Å². The SMILES string of the molecule is CCOc1cc(OCC)cc(C(=O)N[C@H]2CC[C@@H](Nc3cc(C)nc(N(C)C)n3)CC2)c1. The summed E-state index contributed by atoms with van der Waals surface area (Å²) in [4.78, 5) is 23.8. The number of hydrogen-bond acceptors (Lipinski definition) is 7. The number of anilines is 2. The van der Waals surface area contributed by atoms with E-state index < -0.39 is 0 Å². The van der Waals surface area contributed by atoms with Crippen LogP contribution in [-0.4, -0.2) is 55.3 Å². The second-order valence-electron chi connectivity index (χ2n) is 8.31. The maximum atomic E-state index is 12.9. The Labute approximate surface area is 190 Å². The zero-order valence-corrected chi connectivity index (χ0v) is 19.8. The van der Waals surface area contributed by atoms with E-state index in [1.165, 1.54) is 0 Å². The maximum absolute atomic E-state index is 12.9. The van der Waals surface area contributed by atoms with Gasteiger partial charge in [-0.2, -0.15) is 4.98 Å². The van der Waals surface area contributed by atoms with Crippen LogP contribution in [0.2, 0.25) is 0 Å². The van der Waals surface area contributed by atoms with Gasteiger partial charge in [0.15, 0.2) is 0 Å². The zero-order chi connectivity index (χ0) is 23.1. The minimum Gasteiger partial charge on any atom is -0.494 e. The van der Waals surface area contributed by atoms with Crippen molar-refractivity contribution in [2.75, 3.05) is 37.5 Å². The van der Waals surface area contributed by atoms with Crippen LogP contribution >= 0.6 is 0 Å². The van der Waals surface area contributed by atoms with E-state index in [1.54, 1.807) is 12.1 Å². The molecule has 1 fully saturated rings. The second-order valence-corrected chi connectivity index (χ2v) is 8.31. The molecule has 32 heavy (non-hydrogen) atoms. The highest BCUT2D eigenvalue weighted by Crippen LogP contribution is 2.25. The molecule has 3 rings (SSSR count). The largest absolute Gasteiger partial charge is 0.494 e. The van der Waals surface area contributed by atoms with Gasteiger partial charge in [-0.1, -0.05) is 0 Å². The molecule has 1 aliphatic rings. The smallest absolute Gasteiger partial charge is 0.251 e. The molecule has 1 aliphatic carbocycles. The Morgan fingerprint density at radius 2 is 1.56 bits per heavy atom. The van der Waals surface area contributed by atoms with Crippen molar-refractivity contribution in [1.29, 1.82) is 0 Å². The molecule has 0 saturated heterocycles. The Bertz CT molecular complexity index is 886. The topological polar surface area (TPSA) is 88.6 Å². The molecular formula is C24H35N5O3. The van der Waals surface area contributed by atoms with Crippen LogP contribution in [0.3, 0.4) is 0 Å². The molecule has 8 nitrogen and oxygen atoms in total. The predicted molar refractivity (Wildman–Crippen MR) is 127 cm³/mol. The molecule has 1 heterocycles. The van der Waals surface area contributed by atoms with Crippen molar-refractivity contribution in [1.82, 2.24) is 15.3 Å². The van der Waals surface area contributed by atoms with Gasteiger partial charge in [0.1, 0.15) is 17.3 Å². The summed E-state index contributed by atoms with van der Waals surface area (Å²) in [6, 6.07) is 7.82. The lowest BCUT2D eigenvalue weighted by Gasteiger charge is -2.30. The van der Waals surface area contributed by atoms with Gasteiger partial charge in [0.25, 0.3) is 5.91 Å². The highest BCUT2D eigenvalue weighted by Gasteiger charge is 2.24. The van der Waals surface area contributed by atoms with Crippen LogP contribution in [-0.2, 0) is 0 Å². The molecule has 1 aromatic carbocycles. The van der Waals surface area contributed by atoms with Crippen LogP contribution in [0.5, 0.6) is 11.5 Å². The van der Waals surface area contributed by atoms with E-state index in [0.29, 0.717) is 42.3 Å². The Hall–Kier alpha value is -3.03. The molecular weight excluding hydrogens is 406 g/mol. The molecule has 0 spiro atoms. The Balaban J connectivity index is 1.56. The van der Waals surface area contributed by atoms with Crippen LogP contribution in [0.25, 0.3) is 0 Å². The van der Waals surface area contributed by atoms with Gasteiger partial charge in [0, 0.05) is 49.6 Å². The number of carbonyl (C=O) groups excluding carboxylic acids is 1. The number of nitrogens with zero attached hydrogens (tertiary/aromatic N) is 3. The summed E-state index contributed by atoms with van der Waals surface area (Å²) in [6.07, 6.45) is 3.76. The van der Waals surface area contributed by atoms with Crippen molar-refractivity contribution < 1.29 is 14.3 Å². The van der Waals surface area contributed by atoms with Crippen LogP contribution in [0, 0.1) is 6.92 Å². The monoisotopic (exact) mass is 441 g/mol. The normalized spacial score (nSPS) is 18.0. The standard InChI is InChI=1S/C24H35N5O3/c1-6-31-20-13-17(14-21(15-20)32-7-2)23(30)27-19-10-8-18(9-11-19)26-22-12-16(3)25-24(28-22)29(4)5/h12-15,18-19H,6-11H2,1-5H3,(H,27,30)(H,25,26,28)/t18-,19+. The third kappa shape index (κ3) is 6.48. The van der Waals surface area contributed by atoms with Gasteiger partial charge < -0.3 is 25.0 Å². The van der Waals surface area contributed by atoms with Gasteiger partial charge in [0.05, 0.1) is 13.2 Å². The first kappa shape index (κ1) is 23.6. The number of carbonyl (C=O) groups is 1. The van der Waals surface area contributed by atoms with E-state index in [1.807, 2.05) is 51.9 Å². The van der Waals surface area contributed by atoms with Crippen molar-refractivity contribution in [2.24, 2.45) is 0 Å². The molecule has 1 amide bonds. The minimum atomic E-state index is -0.0917. The summed E-state index contributed by atoms with van der Waals surface area (Å²) in [5.41, 5.74) is 1.50. The number of aryl methyl sites for hydroxylation is 1. The van der Waals surface area contributed by atoms with Crippen molar-refractivity contribution in [3.8, 4) is 11.5 Å². The Kier molecular flexibility index (Phi) is 8.14. The molecule has 1 aromatic heterocycles. The van der Waals surface area contributed by atoms with Crippen LogP contribution in [0.1, 0.15) is 55.6 Å². The van der Waals surface area contributed by atoms with E-state index in [9.17, 15) is 4.79 Å².